The lowest BCUT2D eigenvalue weighted by Gasteiger charge is -2.07. The standard InChI is InChI=1S/C16H11F3O2/c17-13-6-3-5-12(10-13)14(20)9-8-11-4-1-2-7-15(11)21-16(18)19/h1-10,16H/b9-8+. The molecule has 0 unspecified atom stereocenters. The summed E-state index contributed by atoms with van der Waals surface area (Å²) in [6.07, 6.45) is 2.54. The van der Waals surface area contributed by atoms with E-state index in [1.165, 1.54) is 42.5 Å². The summed E-state index contributed by atoms with van der Waals surface area (Å²) in [6, 6.07) is 11.3. The number of allylic oxidation sites excluding steroid dienone is 1. The number of ether oxygens (including phenoxy) is 1. The van der Waals surface area contributed by atoms with Gasteiger partial charge < -0.3 is 4.74 Å². The SMILES string of the molecule is O=C(/C=C/c1ccccc1OC(F)F)c1cccc(F)c1. The normalized spacial score (nSPS) is 11.0. The Bertz CT molecular complexity index is 666. The van der Waals surface area contributed by atoms with Crippen LogP contribution in [0.2, 0.25) is 0 Å². The molecule has 0 N–H and O–H groups in total. The zero-order valence-electron chi connectivity index (χ0n) is 10.8. The lowest BCUT2D eigenvalue weighted by atomic mass is 10.1. The van der Waals surface area contributed by atoms with Crippen LogP contribution in [0.4, 0.5) is 13.2 Å². The van der Waals surface area contributed by atoms with Gasteiger partial charge in [0.2, 0.25) is 0 Å². The molecule has 2 nitrogen and oxygen atoms in total. The van der Waals surface area contributed by atoms with Gasteiger partial charge >= 0.3 is 6.61 Å². The Morgan fingerprint density at radius 2 is 1.86 bits per heavy atom. The van der Waals surface area contributed by atoms with Crippen molar-refractivity contribution >= 4 is 11.9 Å². The summed E-state index contributed by atoms with van der Waals surface area (Å²) in [7, 11) is 0. The third-order valence-corrected chi connectivity index (χ3v) is 2.66. The van der Waals surface area contributed by atoms with Gasteiger partial charge in [-0.3, -0.25) is 4.79 Å². The van der Waals surface area contributed by atoms with Crippen molar-refractivity contribution in [2.24, 2.45) is 0 Å². The minimum Gasteiger partial charge on any atom is -0.434 e. The summed E-state index contributed by atoms with van der Waals surface area (Å²) in [5.41, 5.74) is 0.515. The van der Waals surface area contributed by atoms with Crippen molar-refractivity contribution in [1.82, 2.24) is 0 Å². The molecule has 21 heavy (non-hydrogen) atoms. The Balaban J connectivity index is 2.19. The fraction of sp³-hybridized carbons (Fsp3) is 0.0625. The largest absolute Gasteiger partial charge is 0.434 e. The van der Waals surface area contributed by atoms with Gasteiger partial charge in [-0.2, -0.15) is 8.78 Å². The molecule has 2 rings (SSSR count). The number of para-hydroxylation sites is 1. The van der Waals surface area contributed by atoms with E-state index in [1.807, 2.05) is 0 Å². The maximum absolute atomic E-state index is 13.0. The van der Waals surface area contributed by atoms with Crippen LogP contribution in [0.3, 0.4) is 0 Å². The molecule has 0 saturated carbocycles. The maximum Gasteiger partial charge on any atom is 0.387 e. The number of rotatable bonds is 5. The molecule has 0 aliphatic rings. The van der Waals surface area contributed by atoms with Crippen molar-refractivity contribution in [1.29, 1.82) is 0 Å². The van der Waals surface area contributed by atoms with Crippen LogP contribution in [0.25, 0.3) is 6.08 Å². The second-order valence-corrected chi connectivity index (χ2v) is 4.12. The van der Waals surface area contributed by atoms with Gasteiger partial charge in [-0.05, 0) is 30.4 Å². The fourth-order valence-corrected chi connectivity index (χ4v) is 1.72. The Hall–Kier alpha value is -2.56. The molecule has 2 aromatic rings. The number of benzene rings is 2. The van der Waals surface area contributed by atoms with Gasteiger partial charge in [-0.25, -0.2) is 4.39 Å². The quantitative estimate of drug-likeness (QED) is 0.606. The average Bonchev–Trinajstić information content (AvgIpc) is 2.45. The molecule has 0 radical (unpaired) electrons. The van der Waals surface area contributed by atoms with E-state index in [0.717, 1.165) is 6.07 Å². The number of halogens is 3. The summed E-state index contributed by atoms with van der Waals surface area (Å²) in [4.78, 5) is 11.9. The van der Waals surface area contributed by atoms with Gasteiger partial charge in [0.25, 0.3) is 0 Å². The van der Waals surface area contributed by atoms with Gasteiger partial charge in [-0.15, -0.1) is 0 Å². The van der Waals surface area contributed by atoms with Gasteiger partial charge in [-0.1, -0.05) is 30.3 Å². The van der Waals surface area contributed by atoms with Crippen LogP contribution in [0.1, 0.15) is 15.9 Å². The van der Waals surface area contributed by atoms with Gasteiger partial charge in [0.05, 0.1) is 0 Å². The highest BCUT2D eigenvalue weighted by molar-refractivity contribution is 6.06. The molecule has 0 spiro atoms. The van der Waals surface area contributed by atoms with Crippen molar-refractivity contribution in [3.63, 3.8) is 0 Å². The van der Waals surface area contributed by atoms with Crippen molar-refractivity contribution in [3.8, 4) is 5.75 Å². The van der Waals surface area contributed by atoms with E-state index in [0.29, 0.717) is 5.56 Å². The van der Waals surface area contributed by atoms with Crippen LogP contribution in [0.5, 0.6) is 5.75 Å². The molecule has 0 heterocycles. The predicted octanol–water partition coefficient (Wildman–Crippen LogP) is 4.32. The molecule has 0 fully saturated rings. The molecule has 5 heteroatoms. The Labute approximate surface area is 119 Å². The molecule has 0 aliphatic carbocycles. The molecule has 0 atom stereocenters. The van der Waals surface area contributed by atoms with Crippen molar-refractivity contribution in [2.75, 3.05) is 0 Å². The first-order chi connectivity index (χ1) is 10.1. The third kappa shape index (κ3) is 4.21. The van der Waals surface area contributed by atoms with Crippen LogP contribution in [-0.4, -0.2) is 12.4 Å². The van der Waals surface area contributed by atoms with E-state index in [1.54, 1.807) is 12.1 Å². The molecular weight excluding hydrogens is 281 g/mol. The van der Waals surface area contributed by atoms with Crippen molar-refractivity contribution in [2.45, 2.75) is 6.61 Å². The van der Waals surface area contributed by atoms with Crippen LogP contribution < -0.4 is 4.74 Å². The lowest BCUT2D eigenvalue weighted by Crippen LogP contribution is -2.03. The summed E-state index contributed by atoms with van der Waals surface area (Å²) >= 11 is 0. The molecule has 0 aliphatic heterocycles. The van der Waals surface area contributed by atoms with Crippen LogP contribution in [-0.2, 0) is 0 Å². The minimum atomic E-state index is -2.95. The monoisotopic (exact) mass is 292 g/mol. The molecule has 0 aromatic heterocycles. The molecule has 0 saturated heterocycles. The topological polar surface area (TPSA) is 26.3 Å². The molecule has 2 aromatic carbocycles. The van der Waals surface area contributed by atoms with Crippen molar-refractivity contribution < 1.29 is 22.7 Å². The van der Waals surface area contributed by atoms with E-state index in [2.05, 4.69) is 4.74 Å². The van der Waals surface area contributed by atoms with Crippen LogP contribution >= 0.6 is 0 Å². The highest BCUT2D eigenvalue weighted by Crippen LogP contribution is 2.21. The van der Waals surface area contributed by atoms with E-state index in [4.69, 9.17) is 0 Å². The highest BCUT2D eigenvalue weighted by atomic mass is 19.3. The Morgan fingerprint density at radius 3 is 2.57 bits per heavy atom. The smallest absolute Gasteiger partial charge is 0.387 e. The van der Waals surface area contributed by atoms with Gasteiger partial charge in [0, 0.05) is 11.1 Å². The van der Waals surface area contributed by atoms with E-state index < -0.39 is 18.2 Å². The summed E-state index contributed by atoms with van der Waals surface area (Å²) in [5.74, 6) is -0.979. The van der Waals surface area contributed by atoms with Crippen molar-refractivity contribution in [3.05, 3.63) is 71.6 Å². The zero-order chi connectivity index (χ0) is 15.2. The van der Waals surface area contributed by atoms with E-state index in [9.17, 15) is 18.0 Å². The van der Waals surface area contributed by atoms with Crippen LogP contribution in [0, 0.1) is 5.82 Å². The zero-order valence-corrected chi connectivity index (χ0v) is 10.8. The molecular formula is C16H11F3O2. The third-order valence-electron chi connectivity index (χ3n) is 2.66. The molecule has 108 valence electrons. The molecule has 0 bridgehead atoms. The second kappa shape index (κ2) is 6.74. The number of ketones is 1. The first kappa shape index (κ1) is 14.8. The number of hydrogen-bond acceptors (Lipinski definition) is 2. The van der Waals surface area contributed by atoms with E-state index in [-0.39, 0.29) is 11.3 Å². The Kier molecular flexibility index (Phi) is 4.77. The number of alkyl halides is 2. The number of carbonyl (C=O) groups excluding carboxylic acids is 1. The highest BCUT2D eigenvalue weighted by Gasteiger charge is 2.08. The van der Waals surface area contributed by atoms with E-state index >= 15 is 0 Å². The minimum absolute atomic E-state index is 0.0317. The first-order valence-electron chi connectivity index (χ1n) is 6.08. The first-order valence-corrected chi connectivity index (χ1v) is 6.08. The Morgan fingerprint density at radius 1 is 1.10 bits per heavy atom. The summed E-state index contributed by atoms with van der Waals surface area (Å²) < 4.78 is 41.9. The number of carbonyl (C=O) groups is 1. The molecule has 0 amide bonds. The fourth-order valence-electron chi connectivity index (χ4n) is 1.72. The maximum atomic E-state index is 13.0. The lowest BCUT2D eigenvalue weighted by molar-refractivity contribution is -0.0499. The van der Waals surface area contributed by atoms with Gasteiger partial charge in [0.15, 0.2) is 5.78 Å². The summed E-state index contributed by atoms with van der Waals surface area (Å²) in [6.45, 7) is -2.95. The summed E-state index contributed by atoms with van der Waals surface area (Å²) in [5, 5.41) is 0. The van der Waals surface area contributed by atoms with Crippen LogP contribution in [0.15, 0.2) is 54.6 Å². The second-order valence-electron chi connectivity index (χ2n) is 4.12. The van der Waals surface area contributed by atoms with Gasteiger partial charge in [0.1, 0.15) is 11.6 Å². The average molecular weight is 292 g/mol. The number of hydrogen-bond donors (Lipinski definition) is 0. The predicted molar refractivity (Wildman–Crippen MR) is 72.8 cm³/mol.